The zero-order chi connectivity index (χ0) is 19.8. The molecule has 2 aromatic rings. The summed E-state index contributed by atoms with van der Waals surface area (Å²) in [7, 11) is 0. The van der Waals surface area contributed by atoms with Gasteiger partial charge in [0.2, 0.25) is 5.91 Å². The molecule has 0 saturated carbocycles. The number of thioether (sulfide) groups is 1. The first kappa shape index (κ1) is 19.7. The van der Waals surface area contributed by atoms with E-state index in [1.165, 1.54) is 11.8 Å². The Labute approximate surface area is 164 Å². The van der Waals surface area contributed by atoms with Crippen molar-refractivity contribution in [1.29, 1.82) is 0 Å². The molecule has 0 aliphatic carbocycles. The molecule has 1 aromatic carbocycles. The van der Waals surface area contributed by atoms with E-state index in [0.717, 1.165) is 16.9 Å². The zero-order valence-corrected chi connectivity index (χ0v) is 17.4. The van der Waals surface area contributed by atoms with E-state index < -0.39 is 0 Å². The van der Waals surface area contributed by atoms with Gasteiger partial charge in [0.25, 0.3) is 5.56 Å². The van der Waals surface area contributed by atoms with E-state index in [4.69, 9.17) is 0 Å². The Morgan fingerprint density at radius 3 is 2.67 bits per heavy atom. The molecule has 0 radical (unpaired) electrons. The maximum absolute atomic E-state index is 12.8. The highest BCUT2D eigenvalue weighted by Gasteiger charge is 2.29. The molecule has 0 fully saturated rings. The van der Waals surface area contributed by atoms with Crippen molar-refractivity contribution in [2.45, 2.75) is 57.7 Å². The number of rotatable bonds is 3. The van der Waals surface area contributed by atoms with Gasteiger partial charge in [-0.05, 0) is 17.5 Å². The predicted octanol–water partition coefficient (Wildman–Crippen LogP) is 4.02. The normalized spacial score (nSPS) is 16.9. The third-order valence-corrected chi connectivity index (χ3v) is 5.91. The largest absolute Gasteiger partial charge is 0.326 e. The van der Waals surface area contributed by atoms with Crippen LogP contribution in [0.25, 0.3) is 0 Å². The molecule has 1 atom stereocenters. The number of benzene rings is 1. The van der Waals surface area contributed by atoms with Gasteiger partial charge in [-0.2, -0.15) is 0 Å². The van der Waals surface area contributed by atoms with Crippen molar-refractivity contribution in [1.82, 2.24) is 9.55 Å². The fourth-order valence-electron chi connectivity index (χ4n) is 3.10. The predicted molar refractivity (Wildman–Crippen MR) is 111 cm³/mol. The van der Waals surface area contributed by atoms with Crippen LogP contribution in [-0.2, 0) is 16.8 Å². The Kier molecular flexibility index (Phi) is 5.47. The van der Waals surface area contributed by atoms with Crippen molar-refractivity contribution in [2.75, 3.05) is 11.1 Å². The molecule has 27 heavy (non-hydrogen) atoms. The summed E-state index contributed by atoms with van der Waals surface area (Å²) in [4.78, 5) is 30.1. The Balaban J connectivity index is 1.80. The maximum Gasteiger partial charge on any atom is 0.254 e. The number of aromatic nitrogens is 2. The molecular formula is C21H27N3O2S. The first-order chi connectivity index (χ1) is 12.7. The van der Waals surface area contributed by atoms with Crippen molar-refractivity contribution < 1.29 is 4.79 Å². The van der Waals surface area contributed by atoms with Crippen molar-refractivity contribution >= 4 is 23.4 Å². The summed E-state index contributed by atoms with van der Waals surface area (Å²) in [5.74, 6) is 0.636. The second kappa shape index (κ2) is 7.50. The van der Waals surface area contributed by atoms with Crippen LogP contribution in [0.5, 0.6) is 0 Å². The van der Waals surface area contributed by atoms with Gasteiger partial charge in [-0.1, -0.05) is 64.6 Å². The molecule has 0 saturated heterocycles. The third kappa shape index (κ3) is 4.26. The van der Waals surface area contributed by atoms with E-state index in [2.05, 4.69) is 24.1 Å². The zero-order valence-electron chi connectivity index (χ0n) is 16.6. The van der Waals surface area contributed by atoms with E-state index >= 15 is 0 Å². The minimum atomic E-state index is -0.261. The van der Waals surface area contributed by atoms with Crippen LogP contribution in [-0.4, -0.2) is 21.2 Å². The van der Waals surface area contributed by atoms with Crippen molar-refractivity contribution in [3.8, 4) is 0 Å². The highest BCUT2D eigenvalue weighted by atomic mass is 32.2. The Morgan fingerprint density at radius 1 is 1.30 bits per heavy atom. The lowest BCUT2D eigenvalue weighted by Crippen LogP contribution is -2.38. The van der Waals surface area contributed by atoms with Gasteiger partial charge in [0.1, 0.15) is 0 Å². The molecule has 1 aromatic heterocycles. The third-order valence-electron chi connectivity index (χ3n) is 4.77. The molecule has 1 aliphatic rings. The van der Waals surface area contributed by atoms with Crippen LogP contribution in [0.15, 0.2) is 40.3 Å². The molecule has 3 rings (SSSR count). The molecule has 1 aliphatic heterocycles. The molecule has 6 heteroatoms. The number of nitrogens with zero attached hydrogens (tertiary/aromatic N) is 2. The number of amides is 1. The number of fused-ring (bicyclic) bond motifs is 1. The quantitative estimate of drug-likeness (QED) is 0.811. The molecule has 0 spiro atoms. The topological polar surface area (TPSA) is 64.0 Å². The molecule has 1 amide bonds. The van der Waals surface area contributed by atoms with E-state index in [1.807, 2.05) is 45.0 Å². The van der Waals surface area contributed by atoms with E-state index in [-0.39, 0.29) is 22.8 Å². The Hall–Kier alpha value is -2.08. The standard InChI is InChI=1S/C21H27N3O2S/c1-13(2)15-8-6-7-9-16(15)22-19(26)14-11-24-18(25)10-17(21(3,4)5)23-20(24)27-12-14/h6-10,13-14H,11-12H2,1-5H3,(H,22,26). The van der Waals surface area contributed by atoms with Gasteiger partial charge in [-0.3, -0.25) is 14.2 Å². The van der Waals surface area contributed by atoms with E-state index in [9.17, 15) is 9.59 Å². The maximum atomic E-state index is 12.8. The number of hydrogen-bond acceptors (Lipinski definition) is 4. The van der Waals surface area contributed by atoms with Crippen LogP contribution in [0.1, 0.15) is 51.8 Å². The van der Waals surface area contributed by atoms with Gasteiger partial charge in [-0.15, -0.1) is 0 Å². The first-order valence-corrected chi connectivity index (χ1v) is 10.3. The second-order valence-corrected chi connectivity index (χ2v) is 9.35. The molecule has 0 bridgehead atoms. The number of hydrogen-bond donors (Lipinski definition) is 1. The lowest BCUT2D eigenvalue weighted by atomic mass is 9.92. The summed E-state index contributed by atoms with van der Waals surface area (Å²) in [6.45, 7) is 10.7. The van der Waals surface area contributed by atoms with Crippen molar-refractivity contribution in [3.05, 3.63) is 51.9 Å². The first-order valence-electron chi connectivity index (χ1n) is 9.31. The summed E-state index contributed by atoms with van der Waals surface area (Å²) in [5, 5.41) is 3.77. The monoisotopic (exact) mass is 385 g/mol. The summed E-state index contributed by atoms with van der Waals surface area (Å²) in [6, 6.07) is 9.47. The van der Waals surface area contributed by atoms with Gasteiger partial charge in [-0.25, -0.2) is 4.98 Å². The summed E-state index contributed by atoms with van der Waals surface area (Å²) in [5.41, 5.74) is 2.49. The number of anilines is 1. The van der Waals surface area contributed by atoms with Gasteiger partial charge >= 0.3 is 0 Å². The number of nitrogens with one attached hydrogen (secondary N) is 1. The molecule has 2 heterocycles. The summed E-state index contributed by atoms with van der Waals surface area (Å²) < 4.78 is 1.63. The number of carbonyl (C=O) groups is 1. The summed E-state index contributed by atoms with van der Waals surface area (Å²) in [6.07, 6.45) is 0. The van der Waals surface area contributed by atoms with Crippen LogP contribution in [0.2, 0.25) is 0 Å². The van der Waals surface area contributed by atoms with Crippen LogP contribution in [0.3, 0.4) is 0 Å². The molecule has 1 unspecified atom stereocenters. The van der Waals surface area contributed by atoms with Crippen LogP contribution < -0.4 is 10.9 Å². The highest BCUT2D eigenvalue weighted by molar-refractivity contribution is 7.99. The van der Waals surface area contributed by atoms with Crippen molar-refractivity contribution in [2.24, 2.45) is 5.92 Å². The van der Waals surface area contributed by atoms with Crippen molar-refractivity contribution in [3.63, 3.8) is 0 Å². The lowest BCUT2D eigenvalue weighted by molar-refractivity contribution is -0.119. The smallest absolute Gasteiger partial charge is 0.254 e. The lowest BCUT2D eigenvalue weighted by Gasteiger charge is -2.27. The van der Waals surface area contributed by atoms with Crippen LogP contribution >= 0.6 is 11.8 Å². The average molecular weight is 386 g/mol. The number of para-hydroxylation sites is 1. The molecule has 144 valence electrons. The second-order valence-electron chi connectivity index (χ2n) is 8.36. The SMILES string of the molecule is CC(C)c1ccccc1NC(=O)C1CSc2nc(C(C)(C)C)cc(=O)n2C1. The molecule has 1 N–H and O–H groups in total. The Bertz CT molecular complexity index is 912. The fraction of sp³-hybridized carbons (Fsp3) is 0.476. The average Bonchev–Trinajstić information content (AvgIpc) is 2.60. The summed E-state index contributed by atoms with van der Waals surface area (Å²) >= 11 is 1.48. The van der Waals surface area contributed by atoms with Gasteiger partial charge in [0.15, 0.2) is 5.16 Å². The fourth-order valence-corrected chi connectivity index (χ4v) is 4.19. The van der Waals surface area contributed by atoms with Gasteiger partial charge in [0.05, 0.1) is 11.6 Å². The molecule has 5 nitrogen and oxygen atoms in total. The molecular weight excluding hydrogens is 358 g/mol. The minimum absolute atomic E-state index is 0.0481. The number of carbonyl (C=O) groups excluding carboxylic acids is 1. The highest BCUT2D eigenvalue weighted by Crippen LogP contribution is 2.29. The van der Waals surface area contributed by atoms with Crippen LogP contribution in [0.4, 0.5) is 5.69 Å². The van der Waals surface area contributed by atoms with E-state index in [1.54, 1.807) is 10.6 Å². The van der Waals surface area contributed by atoms with Gasteiger partial charge < -0.3 is 5.32 Å². The minimum Gasteiger partial charge on any atom is -0.326 e. The van der Waals surface area contributed by atoms with Gasteiger partial charge in [0, 0.05) is 29.5 Å². The van der Waals surface area contributed by atoms with E-state index in [0.29, 0.717) is 23.4 Å². The van der Waals surface area contributed by atoms with Crippen LogP contribution in [0, 0.1) is 5.92 Å². The Morgan fingerprint density at radius 2 is 2.00 bits per heavy atom.